The summed E-state index contributed by atoms with van der Waals surface area (Å²) < 4.78 is 5.94. The van der Waals surface area contributed by atoms with Crippen LogP contribution in [0.2, 0.25) is 0 Å². The second kappa shape index (κ2) is 6.47. The molecule has 1 aromatic heterocycles. The van der Waals surface area contributed by atoms with Gasteiger partial charge in [0.2, 0.25) is 0 Å². The van der Waals surface area contributed by atoms with E-state index in [0.29, 0.717) is 18.8 Å². The largest absolute Gasteiger partial charge is 0.372 e. The maximum absolute atomic E-state index is 5.94. The maximum Gasteiger partial charge on any atom is 0.0926 e. The number of nitrogens with one attached hydrogen (secondary N) is 1. The van der Waals surface area contributed by atoms with Crippen LogP contribution in [0, 0.1) is 0 Å². The van der Waals surface area contributed by atoms with Crippen LogP contribution in [0.4, 0.5) is 0 Å². The molecule has 1 saturated carbocycles. The third-order valence-corrected chi connectivity index (χ3v) is 4.49. The lowest BCUT2D eigenvalue weighted by molar-refractivity contribution is 0.0105. The van der Waals surface area contributed by atoms with Crippen molar-refractivity contribution in [3.8, 4) is 0 Å². The van der Waals surface area contributed by atoms with Crippen molar-refractivity contribution < 1.29 is 4.74 Å². The van der Waals surface area contributed by atoms with Gasteiger partial charge in [-0.05, 0) is 39.2 Å². The van der Waals surface area contributed by atoms with Crippen molar-refractivity contribution in [2.24, 2.45) is 0 Å². The van der Waals surface area contributed by atoms with Crippen LogP contribution >= 0.6 is 11.3 Å². The number of hydrogen-bond donors (Lipinski definition) is 1. The minimum absolute atomic E-state index is 0.436. The summed E-state index contributed by atoms with van der Waals surface area (Å²) in [5.74, 6) is 0. The van der Waals surface area contributed by atoms with Gasteiger partial charge in [-0.2, -0.15) is 0 Å². The van der Waals surface area contributed by atoms with E-state index >= 15 is 0 Å². The van der Waals surface area contributed by atoms with Gasteiger partial charge >= 0.3 is 0 Å². The van der Waals surface area contributed by atoms with Crippen LogP contribution in [-0.4, -0.2) is 24.2 Å². The van der Waals surface area contributed by atoms with Crippen molar-refractivity contribution in [1.82, 2.24) is 10.3 Å². The number of hydrogen-bond acceptors (Lipinski definition) is 4. The highest BCUT2D eigenvalue weighted by Crippen LogP contribution is 2.22. The van der Waals surface area contributed by atoms with Crippen LogP contribution in [0.15, 0.2) is 5.38 Å². The number of aromatic nitrogens is 1. The monoisotopic (exact) mass is 254 g/mol. The van der Waals surface area contributed by atoms with E-state index in [0.717, 1.165) is 12.1 Å². The molecule has 1 aromatic rings. The predicted octanol–water partition coefficient (Wildman–Crippen LogP) is 2.75. The molecule has 4 heteroatoms. The summed E-state index contributed by atoms with van der Waals surface area (Å²) in [5.41, 5.74) is 1.10. The molecule has 1 heterocycles. The molecule has 0 unspecified atom stereocenters. The zero-order valence-electron chi connectivity index (χ0n) is 10.7. The number of nitrogens with zero attached hydrogens (tertiary/aromatic N) is 1. The Bertz CT molecular complexity index is 332. The first kappa shape index (κ1) is 13.0. The van der Waals surface area contributed by atoms with Gasteiger partial charge in [-0.1, -0.05) is 6.92 Å². The number of ether oxygens (including phenoxy) is 1. The molecule has 0 bridgehead atoms. The lowest BCUT2D eigenvalue weighted by Gasteiger charge is -2.28. The molecule has 3 nitrogen and oxygen atoms in total. The topological polar surface area (TPSA) is 34.1 Å². The van der Waals surface area contributed by atoms with E-state index < -0.39 is 0 Å². The third kappa shape index (κ3) is 3.76. The first-order valence-electron chi connectivity index (χ1n) is 6.54. The first-order chi connectivity index (χ1) is 8.31. The summed E-state index contributed by atoms with van der Waals surface area (Å²) in [6, 6.07) is 0.695. The zero-order chi connectivity index (χ0) is 12.1. The van der Waals surface area contributed by atoms with E-state index in [9.17, 15) is 0 Å². The second-order valence-electron chi connectivity index (χ2n) is 4.66. The van der Waals surface area contributed by atoms with Gasteiger partial charge in [-0.3, -0.25) is 0 Å². The third-order valence-electron chi connectivity index (χ3n) is 3.45. The molecule has 0 saturated heterocycles. The van der Waals surface area contributed by atoms with E-state index in [-0.39, 0.29) is 0 Å². The summed E-state index contributed by atoms with van der Waals surface area (Å²) in [6.45, 7) is 2.83. The normalized spacial score (nSPS) is 25.1. The van der Waals surface area contributed by atoms with Gasteiger partial charge < -0.3 is 10.1 Å². The van der Waals surface area contributed by atoms with Gasteiger partial charge in [0.1, 0.15) is 0 Å². The van der Waals surface area contributed by atoms with Crippen molar-refractivity contribution in [1.29, 1.82) is 0 Å². The summed E-state index contributed by atoms with van der Waals surface area (Å²) in [7, 11) is 2.05. The summed E-state index contributed by atoms with van der Waals surface area (Å²) >= 11 is 1.74. The first-order valence-corrected chi connectivity index (χ1v) is 7.42. The summed E-state index contributed by atoms with van der Waals surface area (Å²) in [5, 5.41) is 6.68. The predicted molar refractivity (Wildman–Crippen MR) is 71.4 cm³/mol. The molecule has 0 amide bonds. The molecular weight excluding hydrogens is 232 g/mol. The van der Waals surface area contributed by atoms with Gasteiger partial charge in [-0.25, -0.2) is 4.98 Å². The average molecular weight is 254 g/mol. The van der Waals surface area contributed by atoms with Crippen LogP contribution in [0.1, 0.15) is 43.3 Å². The Morgan fingerprint density at radius 2 is 2.18 bits per heavy atom. The van der Waals surface area contributed by atoms with Gasteiger partial charge in [0.15, 0.2) is 0 Å². The Balaban J connectivity index is 1.72. The van der Waals surface area contributed by atoms with Crippen LogP contribution in [-0.2, 0) is 17.8 Å². The van der Waals surface area contributed by atoms with Gasteiger partial charge in [0.25, 0.3) is 0 Å². The van der Waals surface area contributed by atoms with Crippen LogP contribution in [0.5, 0.6) is 0 Å². The average Bonchev–Trinajstić information content (AvgIpc) is 2.85. The Morgan fingerprint density at radius 3 is 2.76 bits per heavy atom. The van der Waals surface area contributed by atoms with E-state index in [1.54, 1.807) is 11.3 Å². The quantitative estimate of drug-likeness (QED) is 0.877. The second-order valence-corrected chi connectivity index (χ2v) is 5.60. The standard InChI is InChI=1S/C13H22N2OS/c1-3-13-15-11(9-17-13)8-16-12-6-4-10(14-2)5-7-12/h9-10,12,14H,3-8H2,1-2H3. The lowest BCUT2D eigenvalue weighted by Crippen LogP contribution is -2.32. The molecule has 17 heavy (non-hydrogen) atoms. The molecule has 1 N–H and O–H groups in total. The Labute approximate surface area is 108 Å². The summed E-state index contributed by atoms with van der Waals surface area (Å²) in [4.78, 5) is 4.53. The van der Waals surface area contributed by atoms with Crippen molar-refractivity contribution in [2.45, 2.75) is 57.8 Å². The van der Waals surface area contributed by atoms with E-state index in [2.05, 4.69) is 22.6 Å². The minimum Gasteiger partial charge on any atom is -0.372 e. The zero-order valence-corrected chi connectivity index (χ0v) is 11.6. The molecular formula is C13H22N2OS. The number of rotatable bonds is 5. The van der Waals surface area contributed by atoms with Crippen LogP contribution < -0.4 is 5.32 Å². The minimum atomic E-state index is 0.436. The van der Waals surface area contributed by atoms with E-state index in [4.69, 9.17) is 4.74 Å². The molecule has 1 fully saturated rings. The molecule has 1 aliphatic rings. The number of thiazole rings is 1. The highest BCUT2D eigenvalue weighted by Gasteiger charge is 2.20. The molecule has 0 radical (unpaired) electrons. The Kier molecular flexibility index (Phi) is 4.95. The van der Waals surface area contributed by atoms with Crippen LogP contribution in [0.25, 0.3) is 0 Å². The van der Waals surface area contributed by atoms with E-state index in [1.807, 2.05) is 7.05 Å². The molecule has 0 spiro atoms. The smallest absolute Gasteiger partial charge is 0.0926 e. The Morgan fingerprint density at radius 1 is 1.41 bits per heavy atom. The molecule has 96 valence electrons. The molecule has 1 aliphatic carbocycles. The highest BCUT2D eigenvalue weighted by molar-refractivity contribution is 7.09. The highest BCUT2D eigenvalue weighted by atomic mass is 32.1. The number of aryl methyl sites for hydroxylation is 1. The fraction of sp³-hybridized carbons (Fsp3) is 0.769. The SMILES string of the molecule is CCc1nc(COC2CCC(NC)CC2)cs1. The van der Waals surface area contributed by atoms with Crippen molar-refractivity contribution in [3.63, 3.8) is 0 Å². The van der Waals surface area contributed by atoms with Crippen molar-refractivity contribution in [2.75, 3.05) is 7.05 Å². The Hall–Kier alpha value is -0.450. The molecule has 0 aromatic carbocycles. The van der Waals surface area contributed by atoms with E-state index in [1.165, 1.54) is 30.7 Å². The maximum atomic E-state index is 5.94. The molecule has 2 rings (SSSR count). The van der Waals surface area contributed by atoms with Crippen molar-refractivity contribution >= 4 is 11.3 Å². The van der Waals surface area contributed by atoms with Crippen molar-refractivity contribution in [3.05, 3.63) is 16.1 Å². The van der Waals surface area contributed by atoms with Gasteiger partial charge in [0, 0.05) is 11.4 Å². The fourth-order valence-corrected chi connectivity index (χ4v) is 3.03. The van der Waals surface area contributed by atoms with Gasteiger partial charge in [0.05, 0.1) is 23.4 Å². The molecule has 0 atom stereocenters. The van der Waals surface area contributed by atoms with Crippen LogP contribution in [0.3, 0.4) is 0 Å². The summed E-state index contributed by atoms with van der Waals surface area (Å²) in [6.07, 6.45) is 6.29. The lowest BCUT2D eigenvalue weighted by atomic mass is 9.93. The fourth-order valence-electron chi connectivity index (χ4n) is 2.30. The molecule has 0 aliphatic heterocycles. The van der Waals surface area contributed by atoms with Gasteiger partial charge in [-0.15, -0.1) is 11.3 Å².